The van der Waals surface area contributed by atoms with E-state index in [-0.39, 0.29) is 11.5 Å². The van der Waals surface area contributed by atoms with Gasteiger partial charge in [0, 0.05) is 23.9 Å². The van der Waals surface area contributed by atoms with Crippen molar-refractivity contribution in [3.8, 4) is 11.5 Å². The molecule has 2 rings (SSSR count). The van der Waals surface area contributed by atoms with Crippen LogP contribution in [0.4, 0.5) is 5.69 Å². The monoisotopic (exact) mass is 263 g/mol. The summed E-state index contributed by atoms with van der Waals surface area (Å²) in [5, 5.41) is 22.8. The van der Waals surface area contributed by atoms with E-state index in [1.807, 2.05) is 19.1 Å². The van der Waals surface area contributed by atoms with Gasteiger partial charge in [-0.1, -0.05) is 29.8 Å². The van der Waals surface area contributed by atoms with Crippen LogP contribution in [0.1, 0.15) is 11.1 Å². The van der Waals surface area contributed by atoms with Crippen LogP contribution < -0.4 is 5.32 Å². The van der Waals surface area contributed by atoms with E-state index >= 15 is 0 Å². The highest BCUT2D eigenvalue weighted by atomic mass is 35.5. The molecule has 0 fully saturated rings. The molecule has 2 aromatic rings. The highest BCUT2D eigenvalue weighted by molar-refractivity contribution is 6.32. The first-order valence-electron chi connectivity index (χ1n) is 5.58. The van der Waals surface area contributed by atoms with E-state index in [9.17, 15) is 10.2 Å². The van der Waals surface area contributed by atoms with E-state index < -0.39 is 0 Å². The Hall–Kier alpha value is -1.87. The molecule has 0 saturated carbocycles. The number of aryl methyl sites for hydroxylation is 1. The lowest BCUT2D eigenvalue weighted by atomic mass is 10.1. The van der Waals surface area contributed by atoms with E-state index in [0.29, 0.717) is 17.1 Å². The lowest BCUT2D eigenvalue weighted by Crippen LogP contribution is -1.99. The maximum atomic E-state index is 9.75. The fraction of sp³-hybridized carbons (Fsp3) is 0.143. The van der Waals surface area contributed by atoms with Gasteiger partial charge in [-0.3, -0.25) is 0 Å². The van der Waals surface area contributed by atoms with Crippen molar-refractivity contribution < 1.29 is 10.2 Å². The van der Waals surface area contributed by atoms with Crippen LogP contribution >= 0.6 is 11.6 Å². The molecule has 0 aliphatic heterocycles. The first-order valence-corrected chi connectivity index (χ1v) is 5.95. The summed E-state index contributed by atoms with van der Waals surface area (Å²) in [5.41, 5.74) is 2.33. The third-order valence-corrected chi connectivity index (χ3v) is 3.07. The van der Waals surface area contributed by atoms with E-state index in [0.717, 1.165) is 11.3 Å². The molecule has 3 nitrogen and oxygen atoms in total. The zero-order chi connectivity index (χ0) is 13.1. The lowest BCUT2D eigenvalue weighted by molar-refractivity contribution is 0.469. The number of halogens is 1. The molecule has 4 heteroatoms. The minimum absolute atomic E-state index is 0.0861. The van der Waals surface area contributed by atoms with Crippen molar-refractivity contribution >= 4 is 17.3 Å². The lowest BCUT2D eigenvalue weighted by Gasteiger charge is -2.10. The number of benzene rings is 2. The maximum absolute atomic E-state index is 9.75. The highest BCUT2D eigenvalue weighted by Gasteiger charge is 2.05. The Balaban J connectivity index is 2.11. The quantitative estimate of drug-likeness (QED) is 0.792. The summed E-state index contributed by atoms with van der Waals surface area (Å²) in [4.78, 5) is 0. The summed E-state index contributed by atoms with van der Waals surface area (Å²) in [6.45, 7) is 2.27. The average molecular weight is 264 g/mol. The summed E-state index contributed by atoms with van der Waals surface area (Å²) >= 11 is 5.82. The first kappa shape index (κ1) is 12.6. The first-order chi connectivity index (χ1) is 8.58. The van der Waals surface area contributed by atoms with Crippen LogP contribution in [0.5, 0.6) is 11.5 Å². The van der Waals surface area contributed by atoms with Gasteiger partial charge in [0.1, 0.15) is 11.5 Å². The molecule has 2 aromatic carbocycles. The van der Waals surface area contributed by atoms with E-state index in [1.54, 1.807) is 24.3 Å². The molecule has 0 heterocycles. The van der Waals surface area contributed by atoms with Gasteiger partial charge in [0.25, 0.3) is 0 Å². The summed E-state index contributed by atoms with van der Waals surface area (Å²) in [5.74, 6) is 0.332. The number of nitrogens with one attached hydrogen (secondary N) is 1. The smallest absolute Gasteiger partial charge is 0.139 e. The van der Waals surface area contributed by atoms with E-state index in [4.69, 9.17) is 11.6 Å². The van der Waals surface area contributed by atoms with Crippen molar-refractivity contribution in [2.24, 2.45) is 0 Å². The number of hydrogen-bond donors (Lipinski definition) is 3. The van der Waals surface area contributed by atoms with Crippen LogP contribution in [-0.4, -0.2) is 10.2 Å². The molecule has 0 unspecified atom stereocenters. The van der Waals surface area contributed by atoms with Gasteiger partial charge in [-0.05, 0) is 24.6 Å². The Bertz CT molecular complexity index is 570. The molecular weight excluding hydrogens is 250 g/mol. The number of anilines is 1. The number of phenols is 2. The molecule has 0 aromatic heterocycles. The fourth-order valence-corrected chi connectivity index (χ4v) is 1.81. The predicted octanol–water partition coefficient (Wildman–Crippen LogP) is 3.67. The van der Waals surface area contributed by atoms with Crippen LogP contribution in [-0.2, 0) is 6.54 Å². The minimum Gasteiger partial charge on any atom is -0.508 e. The van der Waals surface area contributed by atoms with Crippen LogP contribution in [0.15, 0.2) is 36.4 Å². The average Bonchev–Trinajstić information content (AvgIpc) is 2.35. The SMILES string of the molecule is Cc1ccc(NCc2cccc(Cl)c2O)cc1O. The van der Waals surface area contributed by atoms with Gasteiger partial charge in [0.2, 0.25) is 0 Å². The Morgan fingerprint density at radius 2 is 1.94 bits per heavy atom. The van der Waals surface area contributed by atoms with E-state index in [2.05, 4.69) is 5.32 Å². The minimum atomic E-state index is 0.0861. The van der Waals surface area contributed by atoms with Gasteiger partial charge < -0.3 is 15.5 Å². The second-order valence-corrected chi connectivity index (χ2v) is 4.51. The normalized spacial score (nSPS) is 10.3. The van der Waals surface area contributed by atoms with Crippen molar-refractivity contribution in [2.45, 2.75) is 13.5 Å². The molecule has 0 amide bonds. The van der Waals surface area contributed by atoms with Crippen molar-refractivity contribution in [3.63, 3.8) is 0 Å². The Labute approximate surface area is 111 Å². The molecule has 0 bridgehead atoms. The largest absolute Gasteiger partial charge is 0.508 e. The molecule has 0 aliphatic rings. The molecule has 0 atom stereocenters. The van der Waals surface area contributed by atoms with Crippen LogP contribution in [0.2, 0.25) is 5.02 Å². The van der Waals surface area contributed by atoms with Gasteiger partial charge >= 0.3 is 0 Å². The molecular formula is C14H14ClNO2. The summed E-state index contributed by atoms with van der Waals surface area (Å²) in [6, 6.07) is 10.6. The summed E-state index contributed by atoms with van der Waals surface area (Å²) in [6.07, 6.45) is 0. The van der Waals surface area contributed by atoms with Crippen molar-refractivity contribution in [3.05, 3.63) is 52.5 Å². The fourth-order valence-electron chi connectivity index (χ4n) is 1.62. The topological polar surface area (TPSA) is 52.5 Å². The van der Waals surface area contributed by atoms with Crippen LogP contribution in [0.25, 0.3) is 0 Å². The van der Waals surface area contributed by atoms with Crippen molar-refractivity contribution in [2.75, 3.05) is 5.32 Å². The Morgan fingerprint density at radius 3 is 2.67 bits per heavy atom. The number of para-hydroxylation sites is 1. The summed E-state index contributed by atoms with van der Waals surface area (Å²) in [7, 11) is 0. The van der Waals surface area contributed by atoms with Gasteiger partial charge in [-0.2, -0.15) is 0 Å². The standard InChI is InChI=1S/C14H14ClNO2/c1-9-5-6-11(7-13(9)17)16-8-10-3-2-4-12(15)14(10)18/h2-7,16-18H,8H2,1H3. The Morgan fingerprint density at radius 1 is 1.17 bits per heavy atom. The number of aromatic hydroxyl groups is 2. The second-order valence-electron chi connectivity index (χ2n) is 4.10. The van der Waals surface area contributed by atoms with Gasteiger partial charge in [0.15, 0.2) is 0 Å². The number of hydrogen-bond acceptors (Lipinski definition) is 3. The van der Waals surface area contributed by atoms with E-state index in [1.165, 1.54) is 0 Å². The number of rotatable bonds is 3. The van der Waals surface area contributed by atoms with Crippen LogP contribution in [0, 0.1) is 6.92 Å². The van der Waals surface area contributed by atoms with Crippen molar-refractivity contribution in [1.29, 1.82) is 0 Å². The molecule has 0 radical (unpaired) electrons. The maximum Gasteiger partial charge on any atom is 0.139 e. The predicted molar refractivity (Wildman–Crippen MR) is 73.3 cm³/mol. The molecule has 18 heavy (non-hydrogen) atoms. The zero-order valence-corrected chi connectivity index (χ0v) is 10.7. The summed E-state index contributed by atoms with van der Waals surface area (Å²) < 4.78 is 0. The highest BCUT2D eigenvalue weighted by Crippen LogP contribution is 2.28. The molecule has 94 valence electrons. The van der Waals surface area contributed by atoms with Crippen LogP contribution in [0.3, 0.4) is 0 Å². The molecule has 3 N–H and O–H groups in total. The van der Waals surface area contributed by atoms with Gasteiger partial charge in [0.05, 0.1) is 5.02 Å². The van der Waals surface area contributed by atoms with Gasteiger partial charge in [-0.15, -0.1) is 0 Å². The third kappa shape index (κ3) is 2.68. The Kier molecular flexibility index (Phi) is 3.63. The van der Waals surface area contributed by atoms with Crippen molar-refractivity contribution in [1.82, 2.24) is 0 Å². The molecule has 0 aliphatic carbocycles. The molecule has 0 saturated heterocycles. The number of phenolic OH excluding ortho intramolecular Hbond substituents is 2. The third-order valence-electron chi connectivity index (χ3n) is 2.76. The van der Waals surface area contributed by atoms with Gasteiger partial charge in [-0.25, -0.2) is 0 Å². The zero-order valence-electron chi connectivity index (χ0n) is 9.94. The molecule has 0 spiro atoms. The second kappa shape index (κ2) is 5.19.